The molecule has 4 saturated carbocycles. The molecule has 35 heavy (non-hydrogen) atoms. The zero-order valence-electron chi connectivity index (χ0n) is 21.8. The van der Waals surface area contributed by atoms with Gasteiger partial charge in [-0.3, -0.25) is 0 Å². The molecule has 7 rings (SSSR count). The summed E-state index contributed by atoms with van der Waals surface area (Å²) in [6, 6.07) is 5.81. The minimum atomic E-state index is -0.230. The Hall–Kier alpha value is -1.81. The summed E-state index contributed by atoms with van der Waals surface area (Å²) in [4.78, 5) is 13.5. The van der Waals surface area contributed by atoms with Crippen molar-refractivity contribution in [2.45, 2.75) is 90.5 Å². The number of rotatable bonds is 0. The van der Waals surface area contributed by atoms with Crippen molar-refractivity contribution in [3.05, 3.63) is 39.7 Å². The monoisotopic (exact) mass is 474 g/mol. The molecule has 3 N–H and O–H groups in total. The lowest BCUT2D eigenvalue weighted by Crippen LogP contribution is -2.60. The third-order valence-electron chi connectivity index (χ3n) is 12.6. The van der Waals surface area contributed by atoms with E-state index in [-0.39, 0.29) is 11.2 Å². The van der Waals surface area contributed by atoms with Crippen LogP contribution in [0.4, 0.5) is 5.69 Å². The van der Waals surface area contributed by atoms with E-state index in [0.717, 1.165) is 60.4 Å². The molecule has 4 heteroatoms. The first-order valence-corrected chi connectivity index (χ1v) is 14.4. The van der Waals surface area contributed by atoms with Gasteiger partial charge >= 0.3 is 5.63 Å². The van der Waals surface area contributed by atoms with Crippen molar-refractivity contribution in [1.82, 2.24) is 5.32 Å². The normalized spacial score (nSPS) is 44.5. The summed E-state index contributed by atoms with van der Waals surface area (Å²) in [5.74, 6) is 4.28. The van der Waals surface area contributed by atoms with Crippen LogP contribution in [0.5, 0.6) is 0 Å². The Morgan fingerprint density at radius 2 is 1.83 bits per heavy atom. The van der Waals surface area contributed by atoms with E-state index >= 15 is 0 Å². The minimum absolute atomic E-state index is 0.143. The van der Waals surface area contributed by atoms with E-state index in [1.54, 1.807) is 0 Å². The lowest BCUT2D eigenvalue weighted by molar-refractivity contribution is -0.124. The van der Waals surface area contributed by atoms with Crippen LogP contribution in [0.15, 0.2) is 27.4 Å². The molecule has 0 saturated heterocycles. The molecule has 4 aliphatic carbocycles. The number of benzene rings is 1. The Morgan fingerprint density at radius 3 is 2.69 bits per heavy atom. The van der Waals surface area contributed by atoms with Crippen LogP contribution in [-0.4, -0.2) is 6.54 Å². The highest BCUT2D eigenvalue weighted by molar-refractivity contribution is 5.84. The van der Waals surface area contributed by atoms with E-state index in [2.05, 4.69) is 32.2 Å². The molecule has 5 aliphatic rings. The summed E-state index contributed by atoms with van der Waals surface area (Å²) in [5.41, 5.74) is 10.0. The van der Waals surface area contributed by atoms with Gasteiger partial charge in [-0.25, -0.2) is 4.79 Å². The molecule has 1 aliphatic heterocycles. The standard InChI is InChI=1S/C31H42N2O2/c1-18-4-9-24-23-7-5-19-17-31(14-13-30(19,3)25(23)10-12-29(18,24)2)27-22(11-15-33-31)21-8-6-20(32)16-26(21)35-28(27)34/h6,8,16,18-19,23-25,33H,4-5,7,9-15,17,32H2,1-3H3/t18-,19-,23-,24-,25-,29+,30-,31+/m0/s1. The third kappa shape index (κ3) is 2.92. The third-order valence-corrected chi connectivity index (χ3v) is 12.6. The average molecular weight is 475 g/mol. The summed E-state index contributed by atoms with van der Waals surface area (Å²) in [7, 11) is 0. The van der Waals surface area contributed by atoms with Gasteiger partial charge in [0.2, 0.25) is 0 Å². The fraction of sp³-hybridized carbons (Fsp3) is 0.710. The molecule has 1 aromatic heterocycles. The molecule has 4 nitrogen and oxygen atoms in total. The van der Waals surface area contributed by atoms with Gasteiger partial charge in [-0.2, -0.15) is 0 Å². The van der Waals surface area contributed by atoms with Crippen LogP contribution in [0.1, 0.15) is 89.7 Å². The van der Waals surface area contributed by atoms with Crippen LogP contribution in [0.2, 0.25) is 0 Å². The highest BCUT2D eigenvalue weighted by Gasteiger charge is 2.61. The average Bonchev–Trinajstić information content (AvgIpc) is 3.14. The fourth-order valence-electron chi connectivity index (χ4n) is 10.5. The topological polar surface area (TPSA) is 68.3 Å². The maximum absolute atomic E-state index is 13.5. The van der Waals surface area contributed by atoms with Crippen molar-refractivity contribution in [3.8, 4) is 0 Å². The summed E-state index contributed by atoms with van der Waals surface area (Å²) in [6.45, 7) is 8.71. The molecule has 2 aromatic rings. The minimum Gasteiger partial charge on any atom is -0.422 e. The Bertz CT molecular complexity index is 1250. The van der Waals surface area contributed by atoms with Crippen molar-refractivity contribution in [3.63, 3.8) is 0 Å². The van der Waals surface area contributed by atoms with Crippen molar-refractivity contribution in [2.24, 2.45) is 40.4 Å². The molecule has 0 bridgehead atoms. The van der Waals surface area contributed by atoms with Gasteiger partial charge in [0.1, 0.15) is 5.58 Å². The Kier molecular flexibility index (Phi) is 4.71. The lowest BCUT2D eigenvalue weighted by atomic mass is 9.43. The Morgan fingerprint density at radius 1 is 1.00 bits per heavy atom. The van der Waals surface area contributed by atoms with Crippen molar-refractivity contribution >= 4 is 16.7 Å². The van der Waals surface area contributed by atoms with Crippen LogP contribution >= 0.6 is 0 Å². The first-order chi connectivity index (χ1) is 16.8. The van der Waals surface area contributed by atoms with Gasteiger partial charge < -0.3 is 15.5 Å². The van der Waals surface area contributed by atoms with E-state index in [0.29, 0.717) is 28.0 Å². The second kappa shape index (κ2) is 7.37. The van der Waals surface area contributed by atoms with Crippen molar-refractivity contribution in [1.29, 1.82) is 0 Å². The van der Waals surface area contributed by atoms with Gasteiger partial charge in [0.25, 0.3) is 0 Å². The van der Waals surface area contributed by atoms with Gasteiger partial charge in [0.05, 0.1) is 11.1 Å². The van der Waals surface area contributed by atoms with Crippen LogP contribution < -0.4 is 16.7 Å². The number of fused-ring (bicyclic) bond motifs is 9. The highest BCUT2D eigenvalue weighted by Crippen LogP contribution is 2.68. The molecular formula is C31H42N2O2. The molecule has 0 amide bonds. The van der Waals surface area contributed by atoms with E-state index in [1.807, 2.05) is 12.1 Å². The quantitative estimate of drug-likeness (QED) is 0.343. The molecule has 188 valence electrons. The van der Waals surface area contributed by atoms with Gasteiger partial charge in [0.15, 0.2) is 0 Å². The SMILES string of the molecule is C[C@H]1CC[C@H]2[C@@H]3CC[C@H]4C[C@@]5(CC[C@]4(C)[C@H]3CC[C@]12C)NCCc1c5c(=O)oc2cc(N)ccc12. The number of nitrogens with one attached hydrogen (secondary N) is 1. The lowest BCUT2D eigenvalue weighted by Gasteiger charge is -2.63. The molecule has 1 aromatic carbocycles. The summed E-state index contributed by atoms with van der Waals surface area (Å²) >= 11 is 0. The fourth-order valence-corrected chi connectivity index (χ4v) is 10.5. The zero-order valence-corrected chi connectivity index (χ0v) is 21.8. The number of hydrogen-bond acceptors (Lipinski definition) is 4. The maximum atomic E-state index is 13.5. The second-order valence-electron chi connectivity index (χ2n) is 13.6. The summed E-state index contributed by atoms with van der Waals surface area (Å²) in [5, 5.41) is 4.97. The highest BCUT2D eigenvalue weighted by atomic mass is 16.4. The van der Waals surface area contributed by atoms with Crippen LogP contribution in [-0.2, 0) is 12.0 Å². The Balaban J connectivity index is 1.25. The zero-order chi connectivity index (χ0) is 24.2. The van der Waals surface area contributed by atoms with Crippen molar-refractivity contribution < 1.29 is 4.42 Å². The summed E-state index contributed by atoms with van der Waals surface area (Å²) in [6.07, 6.45) is 12.7. The summed E-state index contributed by atoms with van der Waals surface area (Å²) < 4.78 is 5.91. The number of nitrogens with two attached hydrogens (primary N) is 1. The largest absolute Gasteiger partial charge is 0.422 e. The number of nitrogen functional groups attached to an aromatic ring is 1. The van der Waals surface area contributed by atoms with Crippen LogP contribution in [0.3, 0.4) is 0 Å². The molecule has 2 heterocycles. The van der Waals surface area contributed by atoms with Gasteiger partial charge in [0, 0.05) is 23.7 Å². The smallest absolute Gasteiger partial charge is 0.341 e. The Labute approximate surface area is 209 Å². The second-order valence-corrected chi connectivity index (χ2v) is 13.6. The van der Waals surface area contributed by atoms with E-state index < -0.39 is 0 Å². The van der Waals surface area contributed by atoms with E-state index in [1.165, 1.54) is 50.5 Å². The first kappa shape index (κ1) is 22.4. The van der Waals surface area contributed by atoms with Crippen LogP contribution in [0, 0.1) is 40.4 Å². The predicted octanol–water partition coefficient (Wildman–Crippen LogP) is 6.40. The molecule has 0 unspecified atom stereocenters. The van der Waals surface area contributed by atoms with Gasteiger partial charge in [-0.05, 0) is 122 Å². The van der Waals surface area contributed by atoms with E-state index in [4.69, 9.17) is 10.2 Å². The molecular weight excluding hydrogens is 432 g/mol. The van der Waals surface area contributed by atoms with Gasteiger partial charge in [-0.15, -0.1) is 0 Å². The molecule has 8 atom stereocenters. The molecule has 4 fully saturated rings. The van der Waals surface area contributed by atoms with Crippen molar-refractivity contribution in [2.75, 3.05) is 12.3 Å². The molecule has 0 radical (unpaired) electrons. The van der Waals surface area contributed by atoms with Crippen LogP contribution in [0.25, 0.3) is 11.0 Å². The predicted molar refractivity (Wildman–Crippen MR) is 141 cm³/mol. The maximum Gasteiger partial charge on any atom is 0.341 e. The number of anilines is 1. The van der Waals surface area contributed by atoms with Gasteiger partial charge in [-0.1, -0.05) is 20.8 Å². The first-order valence-electron chi connectivity index (χ1n) is 14.4. The number of hydrogen-bond donors (Lipinski definition) is 2. The molecule has 1 spiro atoms. The van der Waals surface area contributed by atoms with E-state index in [9.17, 15) is 4.79 Å².